The van der Waals surface area contributed by atoms with Crippen molar-refractivity contribution in [1.29, 1.82) is 0 Å². The zero-order valence-electron chi connectivity index (χ0n) is 24.1. The number of halogens is 10. The Morgan fingerprint density at radius 1 is 0.646 bits per heavy atom. The van der Waals surface area contributed by atoms with Crippen LogP contribution < -0.4 is 9.47 Å². The molecule has 0 bridgehead atoms. The van der Waals surface area contributed by atoms with Crippen LogP contribution in [0.2, 0.25) is 0 Å². The first-order chi connectivity index (χ1) is 21.8. The minimum atomic E-state index is -4.61. The summed E-state index contributed by atoms with van der Waals surface area (Å²) in [6, 6.07) is 8.38. The zero-order chi connectivity index (χ0) is 35.3. The second-order valence-corrected chi connectivity index (χ2v) is 9.96. The molecule has 258 valence electrons. The summed E-state index contributed by atoms with van der Waals surface area (Å²) < 4.78 is 142. The van der Waals surface area contributed by atoms with Gasteiger partial charge in [-0.15, -0.1) is 0 Å². The average molecular weight is 693 g/mol. The Bertz CT molecular complexity index is 1780. The fourth-order valence-electron chi connectivity index (χ4n) is 4.04. The van der Waals surface area contributed by atoms with Crippen LogP contribution in [0.4, 0.5) is 43.9 Å². The quantitative estimate of drug-likeness (QED) is 0.147. The number of carbonyl (C=O) groups is 2. The van der Waals surface area contributed by atoms with E-state index in [9.17, 15) is 53.5 Å². The number of aryl methyl sites for hydroxylation is 2. The molecule has 0 spiro atoms. The van der Waals surface area contributed by atoms with Crippen molar-refractivity contribution in [2.75, 3.05) is 0 Å². The first kappa shape index (κ1) is 39.1. The standard InChI is InChI=1S/C16H11F5O3.C16H11F5O2.CH4/c1-8-2-10(16(19,20)21)6-11(3-8)24-14-7-12(17)9(4-13(14)18)5-15(22)23;1-9-4-11(16(19,20)21)7-12(5-9)23-15-8-13(17)10(2-3-22)6-14(15)18;/h2-4,6-7H,5H2,1H3,(H,22,23);3-8H,2H2,1H3;1H4. The van der Waals surface area contributed by atoms with Crippen LogP contribution in [0, 0.1) is 37.1 Å². The van der Waals surface area contributed by atoms with Crippen LogP contribution in [-0.4, -0.2) is 17.4 Å². The van der Waals surface area contributed by atoms with Gasteiger partial charge in [0.05, 0.1) is 17.5 Å². The highest BCUT2D eigenvalue weighted by Crippen LogP contribution is 2.36. The zero-order valence-corrected chi connectivity index (χ0v) is 24.1. The summed E-state index contributed by atoms with van der Waals surface area (Å²) in [7, 11) is 0. The topological polar surface area (TPSA) is 72.8 Å². The third-order valence-corrected chi connectivity index (χ3v) is 6.06. The molecule has 0 aliphatic heterocycles. The van der Waals surface area contributed by atoms with Gasteiger partial charge >= 0.3 is 18.3 Å². The second kappa shape index (κ2) is 15.7. The lowest BCUT2D eigenvalue weighted by atomic mass is 10.1. The number of carboxylic acids is 1. The Morgan fingerprint density at radius 2 is 1.04 bits per heavy atom. The number of hydrogen-bond donors (Lipinski definition) is 1. The highest BCUT2D eigenvalue weighted by molar-refractivity contribution is 5.70. The van der Waals surface area contributed by atoms with E-state index in [1.807, 2.05) is 0 Å². The lowest BCUT2D eigenvalue weighted by Crippen LogP contribution is -2.06. The van der Waals surface area contributed by atoms with E-state index in [0.29, 0.717) is 36.6 Å². The molecule has 48 heavy (non-hydrogen) atoms. The van der Waals surface area contributed by atoms with E-state index in [1.165, 1.54) is 26.0 Å². The van der Waals surface area contributed by atoms with Gasteiger partial charge in [0.2, 0.25) is 0 Å². The third-order valence-electron chi connectivity index (χ3n) is 6.06. The van der Waals surface area contributed by atoms with E-state index in [-0.39, 0.29) is 42.0 Å². The van der Waals surface area contributed by atoms with Crippen molar-refractivity contribution in [2.24, 2.45) is 0 Å². The van der Waals surface area contributed by atoms with E-state index in [2.05, 4.69) is 0 Å². The maximum atomic E-state index is 13.9. The number of benzene rings is 4. The first-order valence-corrected chi connectivity index (χ1v) is 13.1. The monoisotopic (exact) mass is 692 g/mol. The van der Waals surface area contributed by atoms with Crippen LogP contribution in [0.1, 0.15) is 40.8 Å². The molecular formula is C33H26F10O5. The second-order valence-electron chi connectivity index (χ2n) is 9.96. The maximum Gasteiger partial charge on any atom is 0.416 e. The summed E-state index contributed by atoms with van der Waals surface area (Å²) in [5, 5.41) is 8.60. The van der Waals surface area contributed by atoms with Gasteiger partial charge in [-0.25, -0.2) is 17.6 Å². The van der Waals surface area contributed by atoms with E-state index < -0.39 is 76.2 Å². The smallest absolute Gasteiger partial charge is 0.416 e. The van der Waals surface area contributed by atoms with Gasteiger partial charge in [-0.2, -0.15) is 26.3 Å². The van der Waals surface area contributed by atoms with Crippen molar-refractivity contribution < 1.29 is 68.1 Å². The lowest BCUT2D eigenvalue weighted by molar-refractivity contribution is -0.138. The van der Waals surface area contributed by atoms with Crippen molar-refractivity contribution in [3.8, 4) is 23.0 Å². The molecule has 0 amide bonds. The highest BCUT2D eigenvalue weighted by Gasteiger charge is 2.32. The summed E-state index contributed by atoms with van der Waals surface area (Å²) in [6.07, 6.45) is -9.83. The van der Waals surface area contributed by atoms with Gasteiger partial charge in [0.25, 0.3) is 0 Å². The molecule has 1 N–H and O–H groups in total. The molecule has 0 aliphatic rings. The van der Waals surface area contributed by atoms with Gasteiger partial charge in [0.1, 0.15) is 29.4 Å². The molecule has 0 fully saturated rings. The molecule has 0 aliphatic carbocycles. The Kier molecular flexibility index (Phi) is 12.8. The van der Waals surface area contributed by atoms with Crippen LogP contribution >= 0.6 is 0 Å². The first-order valence-electron chi connectivity index (χ1n) is 13.1. The summed E-state index contributed by atoms with van der Waals surface area (Å²) in [5.74, 6) is -7.09. The molecule has 4 rings (SSSR count). The van der Waals surface area contributed by atoms with Gasteiger partial charge in [-0.05, 0) is 79.1 Å². The molecule has 4 aromatic rings. The van der Waals surface area contributed by atoms with Crippen molar-refractivity contribution in [1.82, 2.24) is 0 Å². The number of aliphatic carboxylic acids is 1. The molecule has 5 nitrogen and oxygen atoms in total. The summed E-state index contributed by atoms with van der Waals surface area (Å²) in [5.41, 5.74) is -2.01. The number of carbonyl (C=O) groups excluding carboxylic acids is 1. The van der Waals surface area contributed by atoms with Gasteiger partial charge < -0.3 is 19.4 Å². The van der Waals surface area contributed by atoms with Crippen molar-refractivity contribution in [3.05, 3.63) is 117 Å². The Morgan fingerprint density at radius 3 is 1.42 bits per heavy atom. The van der Waals surface area contributed by atoms with E-state index in [4.69, 9.17) is 14.6 Å². The molecule has 15 heteroatoms. The lowest BCUT2D eigenvalue weighted by Gasteiger charge is -2.13. The van der Waals surface area contributed by atoms with Crippen molar-refractivity contribution in [2.45, 2.75) is 46.5 Å². The van der Waals surface area contributed by atoms with Crippen LogP contribution in [0.15, 0.2) is 60.7 Å². The van der Waals surface area contributed by atoms with Gasteiger partial charge in [0.15, 0.2) is 23.1 Å². The molecule has 0 radical (unpaired) electrons. The molecule has 4 aromatic carbocycles. The molecule has 0 saturated heterocycles. The minimum Gasteiger partial charge on any atom is -0.481 e. The number of aldehydes is 1. The molecule has 0 heterocycles. The Hall–Kier alpha value is -5.08. The Balaban J connectivity index is 0.000000327. The third kappa shape index (κ3) is 10.7. The van der Waals surface area contributed by atoms with E-state index in [0.717, 1.165) is 18.2 Å². The number of alkyl halides is 6. The van der Waals surface area contributed by atoms with Crippen LogP contribution in [0.5, 0.6) is 23.0 Å². The summed E-state index contributed by atoms with van der Waals surface area (Å²) in [6.45, 7) is 2.82. The summed E-state index contributed by atoms with van der Waals surface area (Å²) >= 11 is 0. The van der Waals surface area contributed by atoms with Crippen molar-refractivity contribution in [3.63, 3.8) is 0 Å². The number of ether oxygens (including phenoxy) is 2. The van der Waals surface area contributed by atoms with Crippen LogP contribution in [0.25, 0.3) is 0 Å². The molecule has 0 saturated carbocycles. The maximum absolute atomic E-state index is 13.9. The van der Waals surface area contributed by atoms with Crippen LogP contribution in [-0.2, 0) is 34.8 Å². The predicted octanol–water partition coefficient (Wildman–Crippen LogP) is 10.2. The number of hydrogen-bond acceptors (Lipinski definition) is 4. The molecule has 0 unspecified atom stereocenters. The largest absolute Gasteiger partial charge is 0.481 e. The average Bonchev–Trinajstić information content (AvgIpc) is 2.93. The SMILES string of the molecule is C.Cc1cc(Oc2cc(F)c(CC(=O)O)cc2F)cc(C(F)(F)F)c1.Cc1cc(Oc2cc(F)c(CC=O)cc2F)cc(C(F)(F)F)c1. The molecule has 0 aromatic heterocycles. The summed E-state index contributed by atoms with van der Waals surface area (Å²) in [4.78, 5) is 20.9. The normalized spacial score (nSPS) is 11.2. The van der Waals surface area contributed by atoms with E-state index >= 15 is 0 Å². The Labute approximate surface area is 267 Å². The molecule has 0 atom stereocenters. The minimum absolute atomic E-state index is 0. The molecular weight excluding hydrogens is 666 g/mol. The van der Waals surface area contributed by atoms with E-state index in [1.54, 1.807) is 0 Å². The predicted molar refractivity (Wildman–Crippen MR) is 153 cm³/mol. The fourth-order valence-corrected chi connectivity index (χ4v) is 4.04. The van der Waals surface area contributed by atoms with Gasteiger partial charge in [-0.1, -0.05) is 7.43 Å². The van der Waals surface area contributed by atoms with Crippen molar-refractivity contribution >= 4 is 12.3 Å². The van der Waals surface area contributed by atoms with Crippen LogP contribution in [0.3, 0.4) is 0 Å². The fraction of sp³-hybridized carbons (Fsp3) is 0.212. The number of carboxylic acid groups (broad SMARTS) is 1. The van der Waals surface area contributed by atoms with Gasteiger partial charge in [0, 0.05) is 24.1 Å². The highest BCUT2D eigenvalue weighted by atomic mass is 19.4. The number of rotatable bonds is 8. The van der Waals surface area contributed by atoms with Gasteiger partial charge in [-0.3, -0.25) is 4.79 Å².